The van der Waals surface area contributed by atoms with E-state index in [9.17, 15) is 15.0 Å². The molecule has 0 spiro atoms. The van der Waals surface area contributed by atoms with Crippen molar-refractivity contribution in [1.82, 2.24) is 9.97 Å². The lowest BCUT2D eigenvalue weighted by Gasteiger charge is -2.17. The number of nitrogens with zero attached hydrogens (tertiary/aromatic N) is 1. The van der Waals surface area contributed by atoms with Crippen molar-refractivity contribution in [2.45, 2.75) is 18.6 Å². The molecule has 5 nitrogen and oxygen atoms in total. The number of H-pyrrole nitrogens is 1. The lowest BCUT2D eigenvalue weighted by atomic mass is 10.0. The van der Waals surface area contributed by atoms with Gasteiger partial charge >= 0.3 is 0 Å². The zero-order valence-electron chi connectivity index (χ0n) is 9.51. The van der Waals surface area contributed by atoms with E-state index in [1.54, 1.807) is 12.1 Å². The lowest BCUT2D eigenvalue weighted by molar-refractivity contribution is 0.0171. The van der Waals surface area contributed by atoms with Gasteiger partial charge in [0.05, 0.1) is 23.3 Å². The molecule has 0 amide bonds. The highest BCUT2D eigenvalue weighted by Gasteiger charge is 2.18. The maximum atomic E-state index is 11.6. The number of alkyl halides is 1. The molecule has 18 heavy (non-hydrogen) atoms. The molecule has 2 rings (SSSR count). The summed E-state index contributed by atoms with van der Waals surface area (Å²) in [5.74, 6) is 0.258. The Morgan fingerprint density at radius 2 is 2.17 bits per heavy atom. The van der Waals surface area contributed by atoms with Crippen LogP contribution in [0.4, 0.5) is 0 Å². The summed E-state index contributed by atoms with van der Waals surface area (Å²) in [6, 6.07) is 4.80. The van der Waals surface area contributed by atoms with Crippen molar-refractivity contribution in [2.75, 3.05) is 5.88 Å². The molecule has 0 saturated carbocycles. The first kappa shape index (κ1) is 13.0. The average Bonchev–Trinajstić information content (AvgIpc) is 2.38. The molecule has 0 aliphatic heterocycles. The summed E-state index contributed by atoms with van der Waals surface area (Å²) in [5.41, 5.74) is 0.737. The minimum absolute atomic E-state index is 0.258. The van der Waals surface area contributed by atoms with E-state index in [1.807, 2.05) is 0 Å². The van der Waals surface area contributed by atoms with E-state index in [-0.39, 0.29) is 17.9 Å². The first-order valence-corrected chi connectivity index (χ1v) is 6.06. The fourth-order valence-electron chi connectivity index (χ4n) is 1.76. The Bertz CT molecular complexity index is 599. The molecule has 0 bridgehead atoms. The summed E-state index contributed by atoms with van der Waals surface area (Å²) in [6.45, 7) is 0. The van der Waals surface area contributed by atoms with Crippen LogP contribution in [0, 0.1) is 0 Å². The molecule has 1 heterocycles. The van der Waals surface area contributed by atoms with E-state index in [0.29, 0.717) is 16.5 Å². The molecule has 96 valence electrons. The highest BCUT2D eigenvalue weighted by molar-refractivity contribution is 6.17. The van der Waals surface area contributed by atoms with Crippen LogP contribution in [0.5, 0.6) is 0 Å². The first-order valence-electron chi connectivity index (χ1n) is 5.53. The molecule has 0 aliphatic rings. The van der Waals surface area contributed by atoms with Crippen molar-refractivity contribution in [1.29, 1.82) is 0 Å². The van der Waals surface area contributed by atoms with Crippen molar-refractivity contribution in [3.05, 3.63) is 40.4 Å². The second kappa shape index (κ2) is 5.48. The Kier molecular flexibility index (Phi) is 3.96. The van der Waals surface area contributed by atoms with E-state index < -0.39 is 12.2 Å². The predicted octanol–water partition coefficient (Wildman–Crippen LogP) is 0.946. The van der Waals surface area contributed by atoms with Crippen LogP contribution in [0.15, 0.2) is 29.3 Å². The van der Waals surface area contributed by atoms with E-state index in [4.69, 9.17) is 11.6 Å². The number of benzene rings is 1. The second-order valence-corrected chi connectivity index (χ2v) is 4.38. The van der Waals surface area contributed by atoms with Gasteiger partial charge in [0, 0.05) is 5.88 Å². The zero-order chi connectivity index (χ0) is 13.1. The molecular formula is C12H13ClN2O3. The number of aliphatic hydroxyl groups excluding tert-OH is 2. The van der Waals surface area contributed by atoms with Crippen molar-refractivity contribution < 1.29 is 10.2 Å². The van der Waals surface area contributed by atoms with Crippen LogP contribution in [0.3, 0.4) is 0 Å². The van der Waals surface area contributed by atoms with Crippen molar-refractivity contribution in [2.24, 2.45) is 0 Å². The Hall–Kier alpha value is -1.43. The smallest absolute Gasteiger partial charge is 0.258 e. The van der Waals surface area contributed by atoms with Gasteiger partial charge in [0.2, 0.25) is 0 Å². The third-order valence-electron chi connectivity index (χ3n) is 2.78. The summed E-state index contributed by atoms with van der Waals surface area (Å²) >= 11 is 5.51. The van der Waals surface area contributed by atoms with E-state index in [2.05, 4.69) is 9.97 Å². The first-order chi connectivity index (χ1) is 8.63. The SMILES string of the molecule is O=c1[nH]cnc2ccc(C(O)C(O)CCCl)cc12. The number of hydrogen-bond donors (Lipinski definition) is 3. The monoisotopic (exact) mass is 268 g/mol. The molecule has 0 fully saturated rings. The molecule has 1 aromatic carbocycles. The highest BCUT2D eigenvalue weighted by Crippen LogP contribution is 2.21. The van der Waals surface area contributed by atoms with Crippen LogP contribution in [-0.4, -0.2) is 32.2 Å². The molecule has 0 saturated heterocycles. The molecular weight excluding hydrogens is 256 g/mol. The maximum Gasteiger partial charge on any atom is 0.258 e. The Morgan fingerprint density at radius 1 is 1.39 bits per heavy atom. The van der Waals surface area contributed by atoms with Crippen LogP contribution in [-0.2, 0) is 0 Å². The van der Waals surface area contributed by atoms with Crippen molar-refractivity contribution in [3.8, 4) is 0 Å². The van der Waals surface area contributed by atoms with Gasteiger partial charge in [-0.15, -0.1) is 11.6 Å². The molecule has 2 unspecified atom stereocenters. The van der Waals surface area contributed by atoms with Gasteiger partial charge in [-0.05, 0) is 24.1 Å². The molecule has 2 atom stereocenters. The van der Waals surface area contributed by atoms with E-state index in [1.165, 1.54) is 12.4 Å². The normalized spacial score (nSPS) is 14.6. The number of hydrogen-bond acceptors (Lipinski definition) is 4. The molecule has 6 heteroatoms. The number of nitrogens with one attached hydrogen (secondary N) is 1. The number of aromatic amines is 1. The summed E-state index contributed by atoms with van der Waals surface area (Å²) < 4.78 is 0. The fourth-order valence-corrected chi connectivity index (χ4v) is 1.99. The number of rotatable bonds is 4. The summed E-state index contributed by atoms with van der Waals surface area (Å²) in [4.78, 5) is 18.1. The quantitative estimate of drug-likeness (QED) is 0.721. The van der Waals surface area contributed by atoms with Gasteiger partial charge in [-0.1, -0.05) is 6.07 Å². The van der Waals surface area contributed by atoms with Crippen LogP contribution < -0.4 is 5.56 Å². The topological polar surface area (TPSA) is 86.2 Å². The van der Waals surface area contributed by atoms with Crippen molar-refractivity contribution in [3.63, 3.8) is 0 Å². The Balaban J connectivity index is 2.40. The zero-order valence-corrected chi connectivity index (χ0v) is 10.3. The van der Waals surface area contributed by atoms with Crippen LogP contribution in [0.2, 0.25) is 0 Å². The maximum absolute atomic E-state index is 11.6. The second-order valence-electron chi connectivity index (χ2n) is 4.00. The van der Waals surface area contributed by atoms with Gasteiger partial charge < -0.3 is 15.2 Å². The molecule has 0 radical (unpaired) electrons. The van der Waals surface area contributed by atoms with E-state index >= 15 is 0 Å². The number of halogens is 1. The van der Waals surface area contributed by atoms with Crippen molar-refractivity contribution >= 4 is 22.5 Å². The summed E-state index contributed by atoms with van der Waals surface area (Å²) in [5, 5.41) is 20.0. The van der Waals surface area contributed by atoms with E-state index in [0.717, 1.165) is 0 Å². The van der Waals surface area contributed by atoms with Gasteiger partial charge in [0.15, 0.2) is 0 Å². The molecule has 3 N–H and O–H groups in total. The molecule has 1 aromatic heterocycles. The number of fused-ring (bicyclic) bond motifs is 1. The minimum Gasteiger partial charge on any atom is -0.390 e. The number of aliphatic hydroxyl groups is 2. The fraction of sp³-hybridized carbons (Fsp3) is 0.333. The van der Waals surface area contributed by atoms with Gasteiger partial charge in [-0.2, -0.15) is 0 Å². The van der Waals surface area contributed by atoms with Gasteiger partial charge in [-0.3, -0.25) is 4.79 Å². The summed E-state index contributed by atoms with van der Waals surface area (Å²) in [6.07, 6.45) is -0.406. The third kappa shape index (κ3) is 2.53. The molecule has 2 aromatic rings. The number of aromatic nitrogens is 2. The largest absolute Gasteiger partial charge is 0.390 e. The van der Waals surface area contributed by atoms with Gasteiger partial charge in [0.25, 0.3) is 5.56 Å². The Morgan fingerprint density at radius 3 is 2.89 bits per heavy atom. The lowest BCUT2D eigenvalue weighted by Crippen LogP contribution is -2.19. The van der Waals surface area contributed by atoms with Gasteiger partial charge in [0.1, 0.15) is 6.10 Å². The minimum atomic E-state index is -1.06. The standard InChI is InChI=1S/C12H13ClN2O3/c13-4-3-10(16)11(17)7-1-2-9-8(5-7)12(18)15-6-14-9/h1-2,5-6,10-11,16-17H,3-4H2,(H,14,15,18). The van der Waals surface area contributed by atoms with Crippen LogP contribution >= 0.6 is 11.6 Å². The summed E-state index contributed by atoms with van der Waals surface area (Å²) in [7, 11) is 0. The third-order valence-corrected chi connectivity index (χ3v) is 2.99. The van der Waals surface area contributed by atoms with Gasteiger partial charge in [-0.25, -0.2) is 4.98 Å². The van der Waals surface area contributed by atoms with Crippen LogP contribution in [0.25, 0.3) is 10.9 Å². The predicted molar refractivity (Wildman–Crippen MR) is 68.7 cm³/mol. The highest BCUT2D eigenvalue weighted by atomic mass is 35.5. The molecule has 0 aliphatic carbocycles. The Labute approximate surface area is 108 Å². The average molecular weight is 269 g/mol. The van der Waals surface area contributed by atoms with Crippen LogP contribution in [0.1, 0.15) is 18.1 Å².